The van der Waals surface area contributed by atoms with E-state index in [0.717, 1.165) is 21.4 Å². The van der Waals surface area contributed by atoms with Crippen LogP contribution < -0.4 is 0 Å². The molecule has 0 radical (unpaired) electrons. The summed E-state index contributed by atoms with van der Waals surface area (Å²) in [6, 6.07) is 16.8. The monoisotopic (exact) mass is 328 g/mol. The molecule has 0 unspecified atom stereocenters. The summed E-state index contributed by atoms with van der Waals surface area (Å²) in [5.74, 6) is 0.692. The molecule has 1 aromatic heterocycles. The molecule has 0 amide bonds. The minimum absolute atomic E-state index is 0.253. The number of hydrogen-bond acceptors (Lipinski definition) is 4. The Kier molecular flexibility index (Phi) is 4.50. The van der Waals surface area contributed by atoms with Crippen LogP contribution in [0, 0.1) is 6.92 Å². The molecule has 0 aliphatic heterocycles. The highest BCUT2D eigenvalue weighted by Gasteiger charge is 2.15. The molecule has 2 aromatic carbocycles. The third-order valence-electron chi connectivity index (χ3n) is 3.53. The molecule has 4 heteroatoms. The van der Waals surface area contributed by atoms with Gasteiger partial charge in [-0.05, 0) is 35.6 Å². The number of ether oxygens (including phenoxy) is 1. The Bertz CT molecular complexity index is 807. The minimum atomic E-state index is -0.253. The number of aryl methyl sites for hydroxylation is 1. The first-order chi connectivity index (χ1) is 10.7. The van der Waals surface area contributed by atoms with Crippen LogP contribution in [-0.4, -0.2) is 13.1 Å². The molecule has 0 spiro atoms. The maximum absolute atomic E-state index is 11.8. The van der Waals surface area contributed by atoms with E-state index in [9.17, 15) is 4.79 Å². The maximum atomic E-state index is 11.8. The lowest BCUT2D eigenvalue weighted by atomic mass is 10.1. The van der Waals surface area contributed by atoms with Gasteiger partial charge < -0.3 is 4.74 Å². The molecule has 0 fully saturated rings. The van der Waals surface area contributed by atoms with E-state index in [2.05, 4.69) is 42.5 Å². The van der Waals surface area contributed by atoms with Crippen molar-refractivity contribution in [1.29, 1.82) is 0 Å². The molecule has 22 heavy (non-hydrogen) atoms. The number of fused-ring (bicyclic) bond motifs is 1. The average molecular weight is 328 g/mol. The van der Waals surface area contributed by atoms with Crippen molar-refractivity contribution < 1.29 is 9.53 Å². The highest BCUT2D eigenvalue weighted by atomic mass is 32.2. The lowest BCUT2D eigenvalue weighted by molar-refractivity contribution is 0.0605. The van der Waals surface area contributed by atoms with Crippen molar-refractivity contribution in [3.05, 3.63) is 64.5 Å². The van der Waals surface area contributed by atoms with Crippen molar-refractivity contribution in [1.82, 2.24) is 0 Å². The Morgan fingerprint density at radius 3 is 2.68 bits per heavy atom. The van der Waals surface area contributed by atoms with Gasteiger partial charge >= 0.3 is 5.97 Å². The van der Waals surface area contributed by atoms with E-state index in [1.807, 2.05) is 24.8 Å². The van der Waals surface area contributed by atoms with Crippen molar-refractivity contribution in [2.24, 2.45) is 0 Å². The summed E-state index contributed by atoms with van der Waals surface area (Å²) < 4.78 is 5.98. The molecule has 3 aromatic rings. The average Bonchev–Trinajstić information content (AvgIpc) is 2.89. The summed E-state index contributed by atoms with van der Waals surface area (Å²) in [7, 11) is 1.42. The Morgan fingerprint density at radius 1 is 1.18 bits per heavy atom. The maximum Gasteiger partial charge on any atom is 0.348 e. The topological polar surface area (TPSA) is 26.3 Å². The summed E-state index contributed by atoms with van der Waals surface area (Å²) in [6.45, 7) is 1.97. The third kappa shape index (κ3) is 3.03. The van der Waals surface area contributed by atoms with Crippen LogP contribution in [0.5, 0.6) is 0 Å². The van der Waals surface area contributed by atoms with Crippen molar-refractivity contribution in [3.63, 3.8) is 0 Å². The highest BCUT2D eigenvalue weighted by molar-refractivity contribution is 7.98. The number of benzene rings is 2. The van der Waals surface area contributed by atoms with Crippen LogP contribution in [0.3, 0.4) is 0 Å². The summed E-state index contributed by atoms with van der Waals surface area (Å²) in [5, 5.41) is 1.13. The molecule has 0 aliphatic carbocycles. The van der Waals surface area contributed by atoms with Crippen LogP contribution in [0.1, 0.15) is 20.8 Å². The number of rotatable bonds is 4. The Hall–Kier alpha value is -1.78. The number of thiophene rings is 1. The van der Waals surface area contributed by atoms with E-state index in [1.54, 1.807) is 0 Å². The Morgan fingerprint density at radius 2 is 1.95 bits per heavy atom. The fourth-order valence-corrected chi connectivity index (χ4v) is 4.46. The SMILES string of the molecule is COC(=O)c1sc2cc(SCc3ccccc3)ccc2c1C. The van der Waals surface area contributed by atoms with Gasteiger partial charge in [-0.15, -0.1) is 23.1 Å². The number of esters is 1. The second kappa shape index (κ2) is 6.55. The molecule has 0 bridgehead atoms. The smallest absolute Gasteiger partial charge is 0.348 e. The molecule has 2 nitrogen and oxygen atoms in total. The molecule has 0 aliphatic rings. The van der Waals surface area contributed by atoms with Gasteiger partial charge in [0.05, 0.1) is 7.11 Å². The van der Waals surface area contributed by atoms with E-state index in [1.165, 1.54) is 28.9 Å². The van der Waals surface area contributed by atoms with Crippen LogP contribution in [0.2, 0.25) is 0 Å². The first-order valence-electron chi connectivity index (χ1n) is 6.97. The fraction of sp³-hybridized carbons (Fsp3) is 0.167. The first kappa shape index (κ1) is 15.1. The number of methoxy groups -OCH3 is 1. The molecule has 0 N–H and O–H groups in total. The quantitative estimate of drug-likeness (QED) is 0.481. The van der Waals surface area contributed by atoms with Crippen molar-refractivity contribution in [3.8, 4) is 0 Å². The molecule has 0 saturated heterocycles. The zero-order chi connectivity index (χ0) is 15.5. The van der Waals surface area contributed by atoms with Crippen molar-refractivity contribution in [2.45, 2.75) is 17.6 Å². The van der Waals surface area contributed by atoms with E-state index in [0.29, 0.717) is 4.88 Å². The second-order valence-corrected chi connectivity index (χ2v) is 7.08. The normalized spacial score (nSPS) is 10.8. The Balaban J connectivity index is 1.85. The molecular weight excluding hydrogens is 312 g/mol. The number of thioether (sulfide) groups is 1. The summed E-state index contributed by atoms with van der Waals surface area (Å²) >= 11 is 3.31. The zero-order valence-electron chi connectivity index (χ0n) is 12.5. The lowest BCUT2D eigenvalue weighted by Crippen LogP contribution is -1.99. The fourth-order valence-electron chi connectivity index (χ4n) is 2.32. The van der Waals surface area contributed by atoms with Crippen molar-refractivity contribution >= 4 is 39.2 Å². The van der Waals surface area contributed by atoms with Crippen LogP contribution in [0.25, 0.3) is 10.1 Å². The molecule has 1 heterocycles. The predicted octanol–water partition coefficient (Wildman–Crippen LogP) is 5.29. The third-order valence-corrected chi connectivity index (χ3v) is 5.83. The molecular formula is C18H16O2S2. The summed E-state index contributed by atoms with van der Waals surface area (Å²) in [5.41, 5.74) is 2.32. The Labute approximate surface area is 138 Å². The van der Waals surface area contributed by atoms with Gasteiger partial charge in [-0.1, -0.05) is 36.4 Å². The van der Waals surface area contributed by atoms with Gasteiger partial charge in [-0.25, -0.2) is 4.79 Å². The van der Waals surface area contributed by atoms with Gasteiger partial charge in [-0.2, -0.15) is 0 Å². The highest BCUT2D eigenvalue weighted by Crippen LogP contribution is 2.34. The molecule has 0 saturated carbocycles. The predicted molar refractivity (Wildman–Crippen MR) is 93.9 cm³/mol. The summed E-state index contributed by atoms with van der Waals surface area (Å²) in [6.07, 6.45) is 0. The van der Waals surface area contributed by atoms with Gasteiger partial charge in [0, 0.05) is 15.3 Å². The molecule has 0 atom stereocenters. The van der Waals surface area contributed by atoms with E-state index in [-0.39, 0.29) is 5.97 Å². The standard InChI is InChI=1S/C18H16O2S2/c1-12-15-9-8-14(21-11-13-6-4-3-5-7-13)10-16(15)22-17(12)18(19)20-2/h3-10H,11H2,1-2H3. The minimum Gasteiger partial charge on any atom is -0.465 e. The summed E-state index contributed by atoms with van der Waals surface area (Å²) in [4.78, 5) is 13.7. The van der Waals surface area contributed by atoms with Gasteiger partial charge in [-0.3, -0.25) is 0 Å². The van der Waals surface area contributed by atoms with Gasteiger partial charge in [0.2, 0.25) is 0 Å². The second-order valence-electron chi connectivity index (χ2n) is 4.98. The molecule has 3 rings (SSSR count). The first-order valence-corrected chi connectivity index (χ1v) is 8.77. The van der Waals surface area contributed by atoms with E-state index < -0.39 is 0 Å². The van der Waals surface area contributed by atoms with Crippen LogP contribution in [0.15, 0.2) is 53.4 Å². The van der Waals surface area contributed by atoms with E-state index >= 15 is 0 Å². The van der Waals surface area contributed by atoms with Gasteiger partial charge in [0.15, 0.2) is 0 Å². The van der Waals surface area contributed by atoms with Gasteiger partial charge in [0.1, 0.15) is 4.88 Å². The van der Waals surface area contributed by atoms with Crippen LogP contribution in [-0.2, 0) is 10.5 Å². The number of carbonyl (C=O) groups excluding carboxylic acids is 1. The van der Waals surface area contributed by atoms with Gasteiger partial charge in [0.25, 0.3) is 0 Å². The van der Waals surface area contributed by atoms with Crippen molar-refractivity contribution in [2.75, 3.05) is 7.11 Å². The zero-order valence-corrected chi connectivity index (χ0v) is 14.1. The number of carbonyl (C=O) groups is 1. The van der Waals surface area contributed by atoms with Crippen LogP contribution >= 0.6 is 23.1 Å². The molecule has 112 valence electrons. The number of hydrogen-bond donors (Lipinski definition) is 0. The lowest BCUT2D eigenvalue weighted by Gasteiger charge is -2.02. The van der Waals surface area contributed by atoms with Crippen LogP contribution in [0.4, 0.5) is 0 Å². The van der Waals surface area contributed by atoms with E-state index in [4.69, 9.17) is 4.74 Å². The largest absolute Gasteiger partial charge is 0.465 e.